The van der Waals surface area contributed by atoms with Crippen LogP contribution in [0.5, 0.6) is 5.88 Å². The van der Waals surface area contributed by atoms with Gasteiger partial charge in [0.05, 0.1) is 12.8 Å². The molecule has 0 N–H and O–H groups in total. The summed E-state index contributed by atoms with van der Waals surface area (Å²) in [6.45, 7) is 5.82. The van der Waals surface area contributed by atoms with Crippen LogP contribution in [0.4, 0.5) is 0 Å². The smallest absolute Gasteiger partial charge is 0.214 e. The molecular weight excluding hydrogens is 224 g/mol. The molecule has 0 fully saturated rings. The highest BCUT2D eigenvalue weighted by molar-refractivity contribution is 5.56. The van der Waals surface area contributed by atoms with Crippen LogP contribution in [0.2, 0.25) is 0 Å². The zero-order chi connectivity index (χ0) is 12.8. The number of unbranched alkanes of at least 4 members (excludes halogenated alkanes) is 1. The molecule has 0 unspecified atom stereocenters. The molecule has 18 heavy (non-hydrogen) atoms. The molecule has 0 radical (unpaired) electrons. The van der Waals surface area contributed by atoms with Crippen LogP contribution in [0.3, 0.4) is 0 Å². The van der Waals surface area contributed by atoms with E-state index in [0.29, 0.717) is 6.61 Å². The van der Waals surface area contributed by atoms with Gasteiger partial charge in [-0.05, 0) is 13.3 Å². The van der Waals surface area contributed by atoms with Crippen molar-refractivity contribution in [3.63, 3.8) is 0 Å². The Morgan fingerprint density at radius 3 is 2.61 bits per heavy atom. The highest BCUT2D eigenvalue weighted by Gasteiger charge is 2.11. The fourth-order valence-corrected chi connectivity index (χ4v) is 1.97. The predicted molar refractivity (Wildman–Crippen MR) is 73.7 cm³/mol. The first-order valence-corrected chi connectivity index (χ1v) is 6.60. The Morgan fingerprint density at radius 1 is 1.17 bits per heavy atom. The van der Waals surface area contributed by atoms with E-state index in [2.05, 4.69) is 28.6 Å². The van der Waals surface area contributed by atoms with E-state index < -0.39 is 0 Å². The van der Waals surface area contributed by atoms with E-state index in [1.807, 2.05) is 31.3 Å². The van der Waals surface area contributed by atoms with Crippen LogP contribution in [0.1, 0.15) is 26.7 Å². The summed E-state index contributed by atoms with van der Waals surface area (Å²) in [5, 5.41) is 0. The first-order chi connectivity index (χ1) is 8.86. The van der Waals surface area contributed by atoms with Gasteiger partial charge in [0.25, 0.3) is 0 Å². The molecule has 3 nitrogen and oxygen atoms in total. The number of hydrogen-bond donors (Lipinski definition) is 0. The van der Waals surface area contributed by atoms with Gasteiger partial charge in [-0.1, -0.05) is 43.7 Å². The molecule has 3 heteroatoms. The minimum Gasteiger partial charge on any atom is -0.478 e. The van der Waals surface area contributed by atoms with Gasteiger partial charge < -0.3 is 4.74 Å². The largest absolute Gasteiger partial charge is 0.478 e. The van der Waals surface area contributed by atoms with Crippen LogP contribution in [-0.4, -0.2) is 16.2 Å². The predicted octanol–water partition coefficient (Wildman–Crippen LogP) is 3.75. The molecule has 1 heterocycles. The second-order valence-electron chi connectivity index (χ2n) is 4.22. The summed E-state index contributed by atoms with van der Waals surface area (Å²) in [4.78, 5) is 4.50. The molecule has 0 amide bonds. The maximum Gasteiger partial charge on any atom is 0.214 e. The van der Waals surface area contributed by atoms with Crippen LogP contribution in [0.15, 0.2) is 36.5 Å². The van der Waals surface area contributed by atoms with Gasteiger partial charge in [-0.3, -0.25) is 4.57 Å². The highest BCUT2D eigenvalue weighted by Crippen LogP contribution is 2.24. The monoisotopic (exact) mass is 244 g/mol. The molecule has 0 atom stereocenters. The third-order valence-electron chi connectivity index (χ3n) is 2.88. The van der Waals surface area contributed by atoms with Gasteiger partial charge in [0.15, 0.2) is 0 Å². The van der Waals surface area contributed by atoms with Crippen LogP contribution < -0.4 is 4.74 Å². The number of nitrogens with zero attached hydrogens (tertiary/aromatic N) is 2. The van der Waals surface area contributed by atoms with E-state index in [0.717, 1.165) is 36.7 Å². The number of benzene rings is 1. The van der Waals surface area contributed by atoms with Crippen molar-refractivity contribution in [3.05, 3.63) is 36.5 Å². The summed E-state index contributed by atoms with van der Waals surface area (Å²) >= 11 is 0. The number of ether oxygens (including phenoxy) is 1. The lowest BCUT2D eigenvalue weighted by Gasteiger charge is -2.11. The van der Waals surface area contributed by atoms with E-state index in [4.69, 9.17) is 4.74 Å². The van der Waals surface area contributed by atoms with Gasteiger partial charge in [0.1, 0.15) is 5.82 Å². The average Bonchev–Trinajstić information content (AvgIpc) is 2.81. The number of hydrogen-bond acceptors (Lipinski definition) is 2. The summed E-state index contributed by atoms with van der Waals surface area (Å²) in [6.07, 6.45) is 4.12. The SMILES string of the molecule is CCCCn1c(OCC)cnc1-c1ccccc1. The van der Waals surface area contributed by atoms with Crippen molar-refractivity contribution in [2.24, 2.45) is 0 Å². The molecule has 2 rings (SSSR count). The fourth-order valence-electron chi connectivity index (χ4n) is 1.97. The summed E-state index contributed by atoms with van der Waals surface area (Å²) in [7, 11) is 0. The van der Waals surface area contributed by atoms with Gasteiger partial charge in [0.2, 0.25) is 5.88 Å². The molecule has 0 aliphatic carbocycles. The van der Waals surface area contributed by atoms with Gasteiger partial charge in [-0.25, -0.2) is 4.98 Å². The molecule has 96 valence electrons. The molecule has 0 saturated heterocycles. The van der Waals surface area contributed by atoms with E-state index in [1.165, 1.54) is 0 Å². The highest BCUT2D eigenvalue weighted by atomic mass is 16.5. The summed E-state index contributed by atoms with van der Waals surface area (Å²) in [5.74, 6) is 1.86. The van der Waals surface area contributed by atoms with Gasteiger partial charge in [0, 0.05) is 12.1 Å². The first kappa shape index (κ1) is 12.7. The van der Waals surface area contributed by atoms with Crippen molar-refractivity contribution < 1.29 is 4.74 Å². The molecule has 0 saturated carbocycles. The Labute approximate surface area is 108 Å². The molecule has 0 aliphatic heterocycles. The molecule has 0 spiro atoms. The Hall–Kier alpha value is -1.77. The summed E-state index contributed by atoms with van der Waals surface area (Å²) in [5.41, 5.74) is 1.14. The minimum absolute atomic E-state index is 0.673. The number of aromatic nitrogens is 2. The second-order valence-corrected chi connectivity index (χ2v) is 4.22. The molecule has 0 aliphatic rings. The van der Waals surface area contributed by atoms with E-state index in [-0.39, 0.29) is 0 Å². The average molecular weight is 244 g/mol. The van der Waals surface area contributed by atoms with Gasteiger partial charge in [-0.15, -0.1) is 0 Å². The molecule has 2 aromatic rings. The third kappa shape index (κ3) is 2.73. The van der Waals surface area contributed by atoms with Crippen molar-refractivity contribution >= 4 is 0 Å². The van der Waals surface area contributed by atoms with Crippen LogP contribution in [-0.2, 0) is 6.54 Å². The zero-order valence-corrected chi connectivity index (χ0v) is 11.1. The lowest BCUT2D eigenvalue weighted by Crippen LogP contribution is -2.05. The summed E-state index contributed by atoms with van der Waals surface area (Å²) in [6, 6.07) is 10.3. The lowest BCUT2D eigenvalue weighted by atomic mass is 10.2. The topological polar surface area (TPSA) is 27.1 Å². The lowest BCUT2D eigenvalue weighted by molar-refractivity contribution is 0.308. The van der Waals surface area contributed by atoms with Crippen molar-refractivity contribution in [1.29, 1.82) is 0 Å². The fraction of sp³-hybridized carbons (Fsp3) is 0.400. The molecule has 1 aromatic heterocycles. The van der Waals surface area contributed by atoms with Crippen molar-refractivity contribution in [1.82, 2.24) is 9.55 Å². The van der Waals surface area contributed by atoms with Gasteiger partial charge in [-0.2, -0.15) is 0 Å². The van der Waals surface area contributed by atoms with Crippen LogP contribution in [0.25, 0.3) is 11.4 Å². The number of imidazole rings is 1. The Balaban J connectivity index is 2.34. The second kappa shape index (κ2) is 6.24. The molecule has 0 bridgehead atoms. The maximum absolute atomic E-state index is 5.64. The Kier molecular flexibility index (Phi) is 4.40. The van der Waals surface area contributed by atoms with Crippen LogP contribution >= 0.6 is 0 Å². The summed E-state index contributed by atoms with van der Waals surface area (Å²) < 4.78 is 7.81. The standard InChI is InChI=1S/C15H20N2O/c1-3-5-11-17-14(18-4-2)12-16-15(17)13-9-7-6-8-10-13/h6-10,12H,3-5,11H2,1-2H3. The maximum atomic E-state index is 5.64. The minimum atomic E-state index is 0.673. The third-order valence-corrected chi connectivity index (χ3v) is 2.88. The van der Waals surface area contributed by atoms with Crippen LogP contribution in [0, 0.1) is 0 Å². The van der Waals surface area contributed by atoms with E-state index >= 15 is 0 Å². The van der Waals surface area contributed by atoms with Crippen molar-refractivity contribution in [2.75, 3.05) is 6.61 Å². The first-order valence-electron chi connectivity index (χ1n) is 6.60. The van der Waals surface area contributed by atoms with E-state index in [9.17, 15) is 0 Å². The molecule has 1 aromatic carbocycles. The van der Waals surface area contributed by atoms with Gasteiger partial charge >= 0.3 is 0 Å². The Morgan fingerprint density at radius 2 is 1.94 bits per heavy atom. The Bertz CT molecular complexity index is 476. The van der Waals surface area contributed by atoms with E-state index in [1.54, 1.807) is 0 Å². The molecular formula is C15H20N2O. The van der Waals surface area contributed by atoms with Crippen molar-refractivity contribution in [2.45, 2.75) is 33.2 Å². The van der Waals surface area contributed by atoms with Crippen molar-refractivity contribution in [3.8, 4) is 17.3 Å². The normalized spacial score (nSPS) is 10.6. The zero-order valence-electron chi connectivity index (χ0n) is 11.1. The quantitative estimate of drug-likeness (QED) is 0.773. The number of rotatable bonds is 6.